The van der Waals surface area contributed by atoms with E-state index in [-0.39, 0.29) is 5.82 Å². The van der Waals surface area contributed by atoms with Crippen molar-refractivity contribution < 1.29 is 4.39 Å². The molecule has 1 saturated carbocycles. The maximum atomic E-state index is 12.8. The van der Waals surface area contributed by atoms with Crippen LogP contribution in [-0.4, -0.2) is 10.8 Å². The van der Waals surface area contributed by atoms with Gasteiger partial charge in [0.15, 0.2) is 5.11 Å². The van der Waals surface area contributed by atoms with E-state index in [1.165, 1.54) is 37.1 Å². The van der Waals surface area contributed by atoms with Gasteiger partial charge in [-0.1, -0.05) is 32.4 Å². The lowest BCUT2D eigenvalue weighted by Gasteiger charge is -2.26. The van der Waals surface area contributed by atoms with E-state index < -0.39 is 0 Å². The molecule has 2 atom stereocenters. The van der Waals surface area contributed by atoms with Crippen LogP contribution in [0.4, 0.5) is 4.39 Å². The average Bonchev–Trinajstić information content (AvgIpc) is 2.46. The van der Waals surface area contributed by atoms with E-state index >= 15 is 0 Å². The van der Waals surface area contributed by atoms with Gasteiger partial charge in [-0.15, -0.1) is 0 Å². The first-order chi connectivity index (χ1) is 10.1. The quantitative estimate of drug-likeness (QED) is 0.662. The van der Waals surface area contributed by atoms with E-state index in [2.05, 4.69) is 29.7 Å². The van der Waals surface area contributed by atoms with Crippen LogP contribution in [-0.2, 0) is 6.54 Å². The lowest BCUT2D eigenvalue weighted by Crippen LogP contribution is -2.34. The van der Waals surface area contributed by atoms with Crippen molar-refractivity contribution in [1.82, 2.24) is 10.7 Å². The van der Waals surface area contributed by atoms with E-state index in [0.29, 0.717) is 23.5 Å². The van der Waals surface area contributed by atoms with Crippen molar-refractivity contribution in [3.8, 4) is 0 Å². The van der Waals surface area contributed by atoms with Crippen molar-refractivity contribution >= 4 is 23.0 Å². The zero-order chi connectivity index (χ0) is 15.2. The smallest absolute Gasteiger partial charge is 0.187 e. The van der Waals surface area contributed by atoms with E-state index in [1.807, 2.05) is 0 Å². The van der Waals surface area contributed by atoms with Crippen LogP contribution in [0.15, 0.2) is 29.4 Å². The molecule has 114 valence electrons. The molecular weight excluding hydrogens is 285 g/mol. The fraction of sp³-hybridized carbons (Fsp3) is 0.500. The number of nitrogens with zero attached hydrogens (tertiary/aromatic N) is 1. The lowest BCUT2D eigenvalue weighted by atomic mass is 9.81. The van der Waals surface area contributed by atoms with E-state index in [4.69, 9.17) is 12.2 Å². The molecule has 21 heavy (non-hydrogen) atoms. The Hall–Kier alpha value is -1.49. The standard InChI is InChI=1S/C16H22FN3S/c1-11-4-3-5-12(2)15(11)19-20-16(21)18-10-13-6-8-14(17)9-7-13/h6-9,11-12H,3-5,10H2,1-2H3,(H2,18,20,21)/t11-,12-/m1/s1. The van der Waals surface area contributed by atoms with Crippen LogP contribution in [0.3, 0.4) is 0 Å². The Morgan fingerprint density at radius 2 is 1.86 bits per heavy atom. The fourth-order valence-corrected chi connectivity index (χ4v) is 2.79. The van der Waals surface area contributed by atoms with Crippen LogP contribution in [0.2, 0.25) is 0 Å². The first-order valence-electron chi connectivity index (χ1n) is 7.42. The molecule has 1 aromatic rings. The monoisotopic (exact) mass is 307 g/mol. The van der Waals surface area contributed by atoms with E-state index in [0.717, 1.165) is 5.56 Å². The van der Waals surface area contributed by atoms with Gasteiger partial charge in [-0.25, -0.2) is 4.39 Å². The summed E-state index contributed by atoms with van der Waals surface area (Å²) in [6.45, 7) is 4.98. The summed E-state index contributed by atoms with van der Waals surface area (Å²) in [6.07, 6.45) is 3.66. The second-order valence-corrected chi connectivity index (χ2v) is 6.10. The molecule has 0 aromatic heterocycles. The van der Waals surface area contributed by atoms with Gasteiger partial charge in [-0.2, -0.15) is 5.10 Å². The third-order valence-corrected chi connectivity index (χ3v) is 4.17. The number of benzene rings is 1. The van der Waals surface area contributed by atoms with Gasteiger partial charge in [-0.3, -0.25) is 5.43 Å². The predicted octanol–water partition coefficient (Wildman–Crippen LogP) is 3.60. The van der Waals surface area contributed by atoms with Crippen molar-refractivity contribution in [1.29, 1.82) is 0 Å². The molecule has 5 heteroatoms. The Morgan fingerprint density at radius 1 is 1.24 bits per heavy atom. The van der Waals surface area contributed by atoms with Crippen molar-refractivity contribution in [2.24, 2.45) is 16.9 Å². The van der Waals surface area contributed by atoms with Crippen LogP contribution < -0.4 is 10.7 Å². The van der Waals surface area contributed by atoms with Crippen molar-refractivity contribution in [3.63, 3.8) is 0 Å². The summed E-state index contributed by atoms with van der Waals surface area (Å²) in [7, 11) is 0. The summed E-state index contributed by atoms with van der Waals surface area (Å²) in [6, 6.07) is 6.36. The maximum Gasteiger partial charge on any atom is 0.187 e. The highest BCUT2D eigenvalue weighted by Crippen LogP contribution is 2.25. The first-order valence-corrected chi connectivity index (χ1v) is 7.83. The number of hydrogen-bond acceptors (Lipinski definition) is 2. The SMILES string of the molecule is C[C@@H]1CCC[C@@H](C)C1=NNC(=S)NCc1ccc(F)cc1. The highest BCUT2D eigenvalue weighted by molar-refractivity contribution is 7.80. The van der Waals surface area contributed by atoms with Crippen LogP contribution in [0.1, 0.15) is 38.7 Å². The molecule has 1 aliphatic rings. The lowest BCUT2D eigenvalue weighted by molar-refractivity contribution is 0.484. The molecule has 0 bridgehead atoms. The molecule has 0 spiro atoms. The largest absolute Gasteiger partial charge is 0.357 e. The van der Waals surface area contributed by atoms with Gasteiger partial charge in [0.1, 0.15) is 5.82 Å². The average molecular weight is 307 g/mol. The van der Waals surface area contributed by atoms with Gasteiger partial charge in [0, 0.05) is 12.3 Å². The molecule has 0 unspecified atom stereocenters. The number of nitrogens with one attached hydrogen (secondary N) is 2. The van der Waals surface area contributed by atoms with Gasteiger partial charge in [0.05, 0.1) is 0 Å². The van der Waals surface area contributed by atoms with Crippen LogP contribution >= 0.6 is 12.2 Å². The van der Waals surface area contributed by atoms with E-state index in [1.54, 1.807) is 12.1 Å². The van der Waals surface area contributed by atoms with Crippen LogP contribution in [0.5, 0.6) is 0 Å². The van der Waals surface area contributed by atoms with Gasteiger partial charge >= 0.3 is 0 Å². The molecule has 2 N–H and O–H groups in total. The molecule has 1 aromatic carbocycles. The molecule has 2 rings (SSSR count). The second-order valence-electron chi connectivity index (χ2n) is 5.69. The summed E-state index contributed by atoms with van der Waals surface area (Å²) < 4.78 is 12.8. The Balaban J connectivity index is 1.82. The number of hydrogen-bond donors (Lipinski definition) is 2. The zero-order valence-electron chi connectivity index (χ0n) is 12.5. The summed E-state index contributed by atoms with van der Waals surface area (Å²) in [5.74, 6) is 0.799. The number of halogens is 1. The molecule has 0 aliphatic heterocycles. The molecule has 1 aliphatic carbocycles. The highest BCUT2D eigenvalue weighted by Gasteiger charge is 2.22. The summed E-state index contributed by atoms with van der Waals surface area (Å²) in [5.41, 5.74) is 5.11. The molecule has 0 heterocycles. The molecule has 1 fully saturated rings. The summed E-state index contributed by atoms with van der Waals surface area (Å²) in [4.78, 5) is 0. The Bertz CT molecular complexity index is 501. The van der Waals surface area contributed by atoms with Gasteiger partial charge in [0.2, 0.25) is 0 Å². The molecule has 0 amide bonds. The zero-order valence-corrected chi connectivity index (χ0v) is 13.3. The number of hydrazone groups is 1. The minimum atomic E-state index is -0.230. The van der Waals surface area contributed by atoms with Crippen molar-refractivity contribution in [2.45, 2.75) is 39.7 Å². The predicted molar refractivity (Wildman–Crippen MR) is 88.6 cm³/mol. The molecular formula is C16H22FN3S. The molecule has 0 radical (unpaired) electrons. The Morgan fingerprint density at radius 3 is 2.48 bits per heavy atom. The minimum Gasteiger partial charge on any atom is -0.357 e. The van der Waals surface area contributed by atoms with E-state index in [9.17, 15) is 4.39 Å². The molecule has 0 saturated heterocycles. The summed E-state index contributed by atoms with van der Waals surface area (Å²) >= 11 is 5.22. The second kappa shape index (κ2) is 7.50. The third kappa shape index (κ3) is 4.77. The first kappa shape index (κ1) is 15.9. The fourth-order valence-electron chi connectivity index (χ4n) is 2.67. The maximum absolute atomic E-state index is 12.8. The highest BCUT2D eigenvalue weighted by atomic mass is 32.1. The van der Waals surface area contributed by atoms with Crippen LogP contribution in [0, 0.1) is 17.7 Å². The Labute approximate surface area is 131 Å². The number of thiocarbonyl (C=S) groups is 1. The molecule has 3 nitrogen and oxygen atoms in total. The number of rotatable bonds is 3. The normalized spacial score (nSPS) is 21.8. The van der Waals surface area contributed by atoms with Crippen molar-refractivity contribution in [2.75, 3.05) is 0 Å². The van der Waals surface area contributed by atoms with Gasteiger partial charge in [-0.05, 0) is 54.6 Å². The summed E-state index contributed by atoms with van der Waals surface area (Å²) in [5, 5.41) is 8.05. The topological polar surface area (TPSA) is 36.4 Å². The third-order valence-electron chi connectivity index (χ3n) is 3.94. The van der Waals surface area contributed by atoms with Crippen molar-refractivity contribution in [3.05, 3.63) is 35.6 Å². The van der Waals surface area contributed by atoms with Gasteiger partial charge < -0.3 is 5.32 Å². The van der Waals surface area contributed by atoms with Crippen LogP contribution in [0.25, 0.3) is 0 Å². The minimum absolute atomic E-state index is 0.230. The Kier molecular flexibility index (Phi) is 5.67. The van der Waals surface area contributed by atoms with Gasteiger partial charge in [0.25, 0.3) is 0 Å².